The topological polar surface area (TPSA) is 59.0 Å². The predicted molar refractivity (Wildman–Crippen MR) is 449 cm³/mol. The molecule has 4 aromatic heterocycles. The Labute approximate surface area is 623 Å². The van der Waals surface area contributed by atoms with Crippen molar-refractivity contribution in [1.82, 2.24) is 0 Å². The average Bonchev–Trinajstić information content (AvgIpc) is 1.56. The van der Waals surface area contributed by atoms with Gasteiger partial charge in [0.05, 0.1) is 0 Å². The molecule has 0 atom stereocenters. The van der Waals surface area contributed by atoms with Crippen LogP contribution in [0.15, 0.2) is 418 Å². The Hall–Kier alpha value is -14.5. The molecule has 6 heteroatoms. The number of hydrogen-bond acceptors (Lipinski definition) is 6. The molecule has 0 radical (unpaired) electrons. The SMILES string of the molecule is c1ccc(-c2cc(-c3ccccc3)cc(N(c3ccc(-c4cccc5oc6ccccc6c45)cc3)c3ccc(-c4cccc5oc6ccccc6c45)cc3)c2)cc1.c1ccc(-c2ccc(N(c3ccc(-c4cccc5oc6ccccc6c45)cc3)c3ccc(-c4cccc5oc6ccccc6c45)cc3)cc2)cc1. The van der Waals surface area contributed by atoms with Gasteiger partial charge < -0.3 is 27.5 Å². The third-order valence-corrected chi connectivity index (χ3v) is 21.0. The van der Waals surface area contributed by atoms with Crippen molar-refractivity contribution in [2.45, 2.75) is 0 Å². The van der Waals surface area contributed by atoms with Crippen molar-refractivity contribution in [3.63, 3.8) is 0 Å². The van der Waals surface area contributed by atoms with Crippen molar-refractivity contribution in [3.8, 4) is 77.9 Å². The molecular formula is C102H66N2O4. The van der Waals surface area contributed by atoms with Crippen molar-refractivity contribution in [2.75, 3.05) is 9.80 Å². The maximum Gasteiger partial charge on any atom is 0.136 e. The minimum Gasteiger partial charge on any atom is -0.456 e. The third kappa shape index (κ3) is 11.5. The van der Waals surface area contributed by atoms with Crippen LogP contribution in [0.4, 0.5) is 34.1 Å². The first-order valence-corrected chi connectivity index (χ1v) is 36.6. The van der Waals surface area contributed by atoms with E-state index in [0.29, 0.717) is 0 Å². The number of benzene rings is 17. The number of furan rings is 4. The molecule has 4 heterocycles. The lowest BCUT2D eigenvalue weighted by molar-refractivity contribution is 0.668. The lowest BCUT2D eigenvalue weighted by atomic mass is 9.96. The second-order valence-corrected chi connectivity index (χ2v) is 27.4. The number of para-hydroxylation sites is 4. The fourth-order valence-corrected chi connectivity index (χ4v) is 15.9. The van der Waals surface area contributed by atoms with Gasteiger partial charge in [-0.3, -0.25) is 0 Å². The number of nitrogens with zero attached hydrogens (tertiary/aromatic N) is 2. The van der Waals surface area contributed by atoms with Crippen LogP contribution >= 0.6 is 0 Å². The van der Waals surface area contributed by atoms with E-state index >= 15 is 0 Å². The lowest BCUT2D eigenvalue weighted by Gasteiger charge is -2.27. The molecule has 21 aromatic rings. The second-order valence-electron chi connectivity index (χ2n) is 27.4. The zero-order chi connectivity index (χ0) is 71.4. The average molecular weight is 1380 g/mol. The molecule has 0 amide bonds. The predicted octanol–water partition coefficient (Wildman–Crippen LogP) is 29.6. The molecule has 17 aromatic carbocycles. The van der Waals surface area contributed by atoms with Gasteiger partial charge in [-0.1, -0.05) is 273 Å². The number of hydrogen-bond donors (Lipinski definition) is 0. The molecule has 0 aliphatic rings. The quantitative estimate of drug-likeness (QED) is 0.115. The Bertz CT molecular complexity index is 6500. The molecule has 108 heavy (non-hydrogen) atoms. The Morgan fingerprint density at radius 1 is 0.139 bits per heavy atom. The molecule has 0 fully saturated rings. The molecule has 0 aliphatic carbocycles. The molecule has 0 spiro atoms. The van der Waals surface area contributed by atoms with Crippen LogP contribution in [0.5, 0.6) is 0 Å². The molecule has 508 valence electrons. The van der Waals surface area contributed by atoms with Gasteiger partial charge in [-0.15, -0.1) is 0 Å². The maximum atomic E-state index is 6.26. The van der Waals surface area contributed by atoms with Crippen molar-refractivity contribution < 1.29 is 17.7 Å². The first kappa shape index (κ1) is 63.2. The maximum absolute atomic E-state index is 6.26. The van der Waals surface area contributed by atoms with Crippen molar-refractivity contribution >= 4 is 122 Å². The van der Waals surface area contributed by atoms with E-state index in [4.69, 9.17) is 17.7 Å². The molecule has 21 rings (SSSR count). The largest absolute Gasteiger partial charge is 0.456 e. The summed E-state index contributed by atoms with van der Waals surface area (Å²) in [4.78, 5) is 4.69. The number of fused-ring (bicyclic) bond motifs is 12. The minimum atomic E-state index is 0.893. The summed E-state index contributed by atoms with van der Waals surface area (Å²) >= 11 is 0. The second kappa shape index (κ2) is 27.0. The van der Waals surface area contributed by atoms with E-state index in [2.05, 4.69) is 350 Å². The van der Waals surface area contributed by atoms with E-state index in [1.807, 2.05) is 60.7 Å². The van der Waals surface area contributed by atoms with Gasteiger partial charge in [0.2, 0.25) is 0 Å². The normalized spacial score (nSPS) is 11.5. The summed E-state index contributed by atoms with van der Waals surface area (Å²) in [5.41, 5.74) is 29.8. The van der Waals surface area contributed by atoms with E-state index in [1.54, 1.807) is 0 Å². The van der Waals surface area contributed by atoms with E-state index in [9.17, 15) is 0 Å². The summed E-state index contributed by atoms with van der Waals surface area (Å²) < 4.78 is 24.9. The van der Waals surface area contributed by atoms with Crippen LogP contribution in [-0.2, 0) is 0 Å². The number of rotatable bonds is 13. The summed E-state index contributed by atoms with van der Waals surface area (Å²) in [6.07, 6.45) is 0. The molecule has 0 saturated carbocycles. The van der Waals surface area contributed by atoms with Crippen LogP contribution in [0.1, 0.15) is 0 Å². The van der Waals surface area contributed by atoms with Crippen LogP contribution in [0.2, 0.25) is 0 Å². The molecular weight excluding hydrogens is 1320 g/mol. The fourth-order valence-electron chi connectivity index (χ4n) is 15.9. The van der Waals surface area contributed by atoms with E-state index < -0.39 is 0 Å². The zero-order valence-corrected chi connectivity index (χ0v) is 58.6. The highest BCUT2D eigenvalue weighted by Crippen LogP contribution is 2.47. The highest BCUT2D eigenvalue weighted by atomic mass is 16.3. The summed E-state index contributed by atoms with van der Waals surface area (Å²) in [5.74, 6) is 0. The summed E-state index contributed by atoms with van der Waals surface area (Å²) in [5, 5.41) is 9.07. The summed E-state index contributed by atoms with van der Waals surface area (Å²) in [6, 6.07) is 141. The molecule has 0 unspecified atom stereocenters. The van der Waals surface area contributed by atoms with Crippen molar-refractivity contribution in [2.24, 2.45) is 0 Å². The van der Waals surface area contributed by atoms with Crippen LogP contribution < -0.4 is 9.80 Å². The van der Waals surface area contributed by atoms with Crippen molar-refractivity contribution in [1.29, 1.82) is 0 Å². The Morgan fingerprint density at radius 3 is 0.630 bits per heavy atom. The third-order valence-electron chi connectivity index (χ3n) is 21.0. The Kier molecular flexibility index (Phi) is 15.8. The molecule has 0 aliphatic heterocycles. The van der Waals surface area contributed by atoms with Gasteiger partial charge in [-0.25, -0.2) is 0 Å². The van der Waals surface area contributed by atoms with Gasteiger partial charge in [0, 0.05) is 77.2 Å². The first-order valence-electron chi connectivity index (χ1n) is 36.6. The van der Waals surface area contributed by atoms with Gasteiger partial charge in [-0.05, 0) is 205 Å². The van der Waals surface area contributed by atoms with Crippen molar-refractivity contribution in [3.05, 3.63) is 400 Å². The van der Waals surface area contributed by atoms with E-state index in [0.717, 1.165) is 178 Å². The van der Waals surface area contributed by atoms with Gasteiger partial charge in [0.25, 0.3) is 0 Å². The molecule has 0 saturated heterocycles. The van der Waals surface area contributed by atoms with Crippen LogP contribution in [0.25, 0.3) is 166 Å². The fraction of sp³-hybridized carbons (Fsp3) is 0. The molecule has 0 N–H and O–H groups in total. The summed E-state index contributed by atoms with van der Waals surface area (Å²) in [7, 11) is 0. The zero-order valence-electron chi connectivity index (χ0n) is 58.6. The van der Waals surface area contributed by atoms with Gasteiger partial charge >= 0.3 is 0 Å². The van der Waals surface area contributed by atoms with Crippen LogP contribution in [0.3, 0.4) is 0 Å². The smallest absolute Gasteiger partial charge is 0.136 e. The van der Waals surface area contributed by atoms with Crippen LogP contribution in [0, 0.1) is 0 Å². The van der Waals surface area contributed by atoms with E-state index in [1.165, 1.54) is 22.3 Å². The van der Waals surface area contributed by atoms with Gasteiger partial charge in [0.15, 0.2) is 0 Å². The summed E-state index contributed by atoms with van der Waals surface area (Å²) in [6.45, 7) is 0. The minimum absolute atomic E-state index is 0.893. The van der Waals surface area contributed by atoms with E-state index in [-0.39, 0.29) is 0 Å². The van der Waals surface area contributed by atoms with Crippen LogP contribution in [-0.4, -0.2) is 0 Å². The molecule has 6 nitrogen and oxygen atoms in total. The van der Waals surface area contributed by atoms with Gasteiger partial charge in [-0.2, -0.15) is 0 Å². The highest BCUT2D eigenvalue weighted by Gasteiger charge is 2.22. The highest BCUT2D eigenvalue weighted by molar-refractivity contribution is 6.16. The first-order chi connectivity index (χ1) is 53.5. The monoisotopic (exact) mass is 1380 g/mol. The molecule has 0 bridgehead atoms. The Morgan fingerprint density at radius 2 is 0.352 bits per heavy atom. The lowest BCUT2D eigenvalue weighted by Crippen LogP contribution is -2.10. The standard InChI is InChI=1S/C54H35NO2.C48H31NO2/c1-3-13-36(14-4-1)40-33-41(37-15-5-2-6-16-37)35-44(34-40)55(42-29-25-38(26-30-42)45-19-11-23-51-53(45)47-17-7-9-21-49(47)56-51)43-31-27-39(28-32-43)46-20-12-24-52-54(46)48-18-8-10-22-50(48)57-52;1-2-10-32(11-3-1)33-20-26-36(27-21-33)49(37-28-22-34(23-29-37)39-14-8-18-45-47(39)41-12-4-6-16-43(41)50-45)38-30-24-35(25-31-38)40-15-9-19-46-48(40)42-13-5-7-17-44(42)51-46/h1-35H;1-31H. The van der Waals surface area contributed by atoms with Gasteiger partial charge in [0.1, 0.15) is 44.7 Å². The number of anilines is 6. The Balaban J connectivity index is 0.000000143.